The highest BCUT2D eigenvalue weighted by atomic mass is 16.5. The van der Waals surface area contributed by atoms with Crippen LogP contribution in [0.3, 0.4) is 0 Å². The maximum absolute atomic E-state index is 5.84. The smallest absolute Gasteiger partial charge is 0.161 e. The molecule has 0 bridgehead atoms. The molecular formula is C12H17NO2. The van der Waals surface area contributed by atoms with Crippen molar-refractivity contribution in [1.29, 1.82) is 0 Å². The molecule has 0 atom stereocenters. The van der Waals surface area contributed by atoms with Crippen molar-refractivity contribution in [2.75, 3.05) is 14.2 Å². The van der Waals surface area contributed by atoms with Crippen molar-refractivity contribution in [3.63, 3.8) is 0 Å². The van der Waals surface area contributed by atoms with Crippen LogP contribution in [0.25, 0.3) is 0 Å². The summed E-state index contributed by atoms with van der Waals surface area (Å²) in [7, 11) is 3.66. The van der Waals surface area contributed by atoms with Crippen molar-refractivity contribution in [2.45, 2.75) is 25.0 Å². The first-order valence-electron chi connectivity index (χ1n) is 5.30. The summed E-state index contributed by atoms with van der Waals surface area (Å²) in [5, 5.41) is 3.23. The summed E-state index contributed by atoms with van der Waals surface area (Å²) >= 11 is 0. The normalized spacial score (nSPS) is 24.4. The predicted octanol–water partition coefficient (Wildman–Crippen LogP) is 1.82. The Morgan fingerprint density at radius 2 is 1.87 bits per heavy atom. The van der Waals surface area contributed by atoms with Gasteiger partial charge in [0.15, 0.2) is 11.5 Å². The minimum absolute atomic E-state index is 0.332. The van der Waals surface area contributed by atoms with E-state index in [1.54, 1.807) is 7.11 Å². The van der Waals surface area contributed by atoms with Gasteiger partial charge in [0.05, 0.1) is 7.11 Å². The van der Waals surface area contributed by atoms with Crippen molar-refractivity contribution in [2.24, 2.45) is 0 Å². The lowest BCUT2D eigenvalue weighted by molar-refractivity contribution is 0.0854. The first kappa shape index (κ1) is 10.3. The standard InChI is InChI=1S/C12H17NO2/c1-13-9-7-10(8-9)15-12-6-4-3-5-11(12)14-2/h3-6,9-10,13H,7-8H2,1-2H3. The summed E-state index contributed by atoms with van der Waals surface area (Å²) in [6.45, 7) is 0. The summed E-state index contributed by atoms with van der Waals surface area (Å²) in [6, 6.07) is 8.40. The van der Waals surface area contributed by atoms with Gasteiger partial charge < -0.3 is 14.8 Å². The van der Waals surface area contributed by atoms with Crippen LogP contribution < -0.4 is 14.8 Å². The van der Waals surface area contributed by atoms with Gasteiger partial charge in [-0.3, -0.25) is 0 Å². The van der Waals surface area contributed by atoms with Gasteiger partial charge in [-0.25, -0.2) is 0 Å². The quantitative estimate of drug-likeness (QED) is 0.817. The predicted molar refractivity (Wildman–Crippen MR) is 59.5 cm³/mol. The Hall–Kier alpha value is -1.22. The molecule has 1 aliphatic rings. The van der Waals surface area contributed by atoms with Gasteiger partial charge in [-0.2, -0.15) is 0 Å². The highest BCUT2D eigenvalue weighted by Gasteiger charge is 2.29. The van der Waals surface area contributed by atoms with Gasteiger partial charge in [-0.05, 0) is 32.0 Å². The zero-order chi connectivity index (χ0) is 10.7. The molecule has 1 N–H and O–H groups in total. The van der Waals surface area contributed by atoms with E-state index < -0.39 is 0 Å². The summed E-state index contributed by atoms with van der Waals surface area (Å²) in [4.78, 5) is 0. The van der Waals surface area contributed by atoms with E-state index in [1.807, 2.05) is 31.3 Å². The van der Waals surface area contributed by atoms with Crippen LogP contribution in [0.4, 0.5) is 0 Å². The van der Waals surface area contributed by atoms with Crippen LogP contribution in [0.1, 0.15) is 12.8 Å². The molecule has 1 saturated carbocycles. The maximum Gasteiger partial charge on any atom is 0.161 e. The topological polar surface area (TPSA) is 30.5 Å². The third-order valence-corrected chi connectivity index (χ3v) is 2.87. The lowest BCUT2D eigenvalue weighted by Crippen LogP contribution is -2.45. The monoisotopic (exact) mass is 207 g/mol. The zero-order valence-corrected chi connectivity index (χ0v) is 9.19. The van der Waals surface area contributed by atoms with Gasteiger partial charge in [0, 0.05) is 6.04 Å². The Labute approximate surface area is 90.4 Å². The Morgan fingerprint density at radius 1 is 1.20 bits per heavy atom. The number of nitrogens with one attached hydrogen (secondary N) is 1. The number of ether oxygens (including phenoxy) is 2. The third kappa shape index (κ3) is 2.23. The van der Waals surface area contributed by atoms with Crippen LogP contribution in [0.15, 0.2) is 24.3 Å². The van der Waals surface area contributed by atoms with Crippen molar-refractivity contribution >= 4 is 0 Å². The average molecular weight is 207 g/mol. The minimum atomic E-state index is 0.332. The molecule has 0 radical (unpaired) electrons. The van der Waals surface area contributed by atoms with Crippen molar-refractivity contribution in [1.82, 2.24) is 5.32 Å². The van der Waals surface area contributed by atoms with E-state index >= 15 is 0 Å². The molecule has 15 heavy (non-hydrogen) atoms. The van der Waals surface area contributed by atoms with Crippen LogP contribution >= 0.6 is 0 Å². The lowest BCUT2D eigenvalue weighted by atomic mass is 9.89. The van der Waals surface area contributed by atoms with Gasteiger partial charge in [-0.15, -0.1) is 0 Å². The Balaban J connectivity index is 1.94. The number of rotatable bonds is 4. The van der Waals surface area contributed by atoms with Gasteiger partial charge in [0.1, 0.15) is 6.10 Å². The molecule has 1 fully saturated rings. The van der Waals surface area contributed by atoms with Crippen molar-refractivity contribution in [3.8, 4) is 11.5 Å². The van der Waals surface area contributed by atoms with E-state index in [9.17, 15) is 0 Å². The van der Waals surface area contributed by atoms with E-state index in [4.69, 9.17) is 9.47 Å². The molecule has 1 aromatic carbocycles. The number of methoxy groups -OCH3 is 1. The molecule has 0 unspecified atom stereocenters. The molecule has 0 spiro atoms. The molecule has 1 aliphatic carbocycles. The average Bonchev–Trinajstić information content (AvgIpc) is 2.23. The van der Waals surface area contributed by atoms with Gasteiger partial charge >= 0.3 is 0 Å². The Kier molecular flexibility index (Phi) is 3.11. The van der Waals surface area contributed by atoms with E-state index in [0.717, 1.165) is 24.3 Å². The molecule has 3 heteroatoms. The molecule has 3 nitrogen and oxygen atoms in total. The Morgan fingerprint density at radius 3 is 2.47 bits per heavy atom. The highest BCUT2D eigenvalue weighted by Crippen LogP contribution is 2.31. The molecule has 1 aromatic rings. The van der Waals surface area contributed by atoms with E-state index in [2.05, 4.69) is 5.32 Å². The van der Waals surface area contributed by atoms with Gasteiger partial charge in [0.2, 0.25) is 0 Å². The summed E-state index contributed by atoms with van der Waals surface area (Å²) in [6.07, 6.45) is 2.49. The van der Waals surface area contributed by atoms with E-state index in [-0.39, 0.29) is 0 Å². The second-order valence-electron chi connectivity index (χ2n) is 3.85. The SMILES string of the molecule is CNC1CC(Oc2ccccc2OC)C1. The number of hydrogen-bond acceptors (Lipinski definition) is 3. The van der Waals surface area contributed by atoms with Gasteiger partial charge in [0.25, 0.3) is 0 Å². The fraction of sp³-hybridized carbons (Fsp3) is 0.500. The first-order valence-corrected chi connectivity index (χ1v) is 5.30. The first-order chi connectivity index (χ1) is 7.33. The second kappa shape index (κ2) is 4.53. The second-order valence-corrected chi connectivity index (χ2v) is 3.85. The molecule has 2 rings (SSSR count). The largest absolute Gasteiger partial charge is 0.493 e. The van der Waals surface area contributed by atoms with E-state index in [0.29, 0.717) is 12.1 Å². The van der Waals surface area contributed by atoms with Crippen molar-refractivity contribution in [3.05, 3.63) is 24.3 Å². The molecular weight excluding hydrogens is 190 g/mol. The van der Waals surface area contributed by atoms with Crippen LogP contribution in [0.2, 0.25) is 0 Å². The summed E-state index contributed by atoms with van der Waals surface area (Å²) in [5.74, 6) is 1.66. The molecule has 0 aliphatic heterocycles. The minimum Gasteiger partial charge on any atom is -0.493 e. The number of benzene rings is 1. The van der Waals surface area contributed by atoms with Crippen LogP contribution in [0.5, 0.6) is 11.5 Å². The number of para-hydroxylation sites is 2. The van der Waals surface area contributed by atoms with Crippen LogP contribution in [0, 0.1) is 0 Å². The number of hydrogen-bond donors (Lipinski definition) is 1. The zero-order valence-electron chi connectivity index (χ0n) is 9.19. The molecule has 0 amide bonds. The molecule has 0 saturated heterocycles. The lowest BCUT2D eigenvalue weighted by Gasteiger charge is -2.35. The maximum atomic E-state index is 5.84. The third-order valence-electron chi connectivity index (χ3n) is 2.87. The van der Waals surface area contributed by atoms with E-state index in [1.165, 1.54) is 0 Å². The van der Waals surface area contributed by atoms with Crippen LogP contribution in [-0.2, 0) is 0 Å². The highest BCUT2D eigenvalue weighted by molar-refractivity contribution is 5.39. The molecule has 0 heterocycles. The van der Waals surface area contributed by atoms with Gasteiger partial charge in [-0.1, -0.05) is 12.1 Å². The summed E-state index contributed by atoms with van der Waals surface area (Å²) in [5.41, 5.74) is 0. The molecule has 82 valence electrons. The van der Waals surface area contributed by atoms with Crippen LogP contribution in [-0.4, -0.2) is 26.3 Å². The molecule has 0 aromatic heterocycles. The fourth-order valence-electron chi connectivity index (χ4n) is 1.79. The Bertz CT molecular complexity index is 321. The summed E-state index contributed by atoms with van der Waals surface area (Å²) < 4.78 is 11.1. The fourth-order valence-corrected chi connectivity index (χ4v) is 1.79. The van der Waals surface area contributed by atoms with Crippen molar-refractivity contribution < 1.29 is 9.47 Å².